The quantitative estimate of drug-likeness (QED) is 0.767. The Bertz CT molecular complexity index is 413. The molecule has 2 heterocycles. The summed E-state index contributed by atoms with van der Waals surface area (Å²) in [6.45, 7) is 3.28. The summed E-state index contributed by atoms with van der Waals surface area (Å²) < 4.78 is 9.90. The van der Waals surface area contributed by atoms with Gasteiger partial charge in [-0.3, -0.25) is 9.59 Å². The average Bonchev–Trinajstić information content (AvgIpc) is 2.92. The first kappa shape index (κ1) is 12.7. The maximum absolute atomic E-state index is 12.1. The van der Waals surface area contributed by atoms with Gasteiger partial charge in [0.25, 0.3) is 5.91 Å². The van der Waals surface area contributed by atoms with E-state index in [-0.39, 0.29) is 17.8 Å². The van der Waals surface area contributed by atoms with Crippen molar-refractivity contribution in [2.45, 2.75) is 19.8 Å². The summed E-state index contributed by atoms with van der Waals surface area (Å²) in [6, 6.07) is 1.64. The highest BCUT2D eigenvalue weighted by molar-refractivity contribution is 5.94. The SMILES string of the molecule is CCOC(=O)C1CCCN(C(=O)c2ccoc2)C1. The molecule has 1 aliphatic heterocycles. The van der Waals surface area contributed by atoms with Gasteiger partial charge < -0.3 is 14.1 Å². The highest BCUT2D eigenvalue weighted by Crippen LogP contribution is 2.20. The zero-order valence-corrected chi connectivity index (χ0v) is 10.4. The average molecular weight is 251 g/mol. The summed E-state index contributed by atoms with van der Waals surface area (Å²) in [4.78, 5) is 25.5. The van der Waals surface area contributed by atoms with Gasteiger partial charge in [0.1, 0.15) is 6.26 Å². The minimum absolute atomic E-state index is 0.0854. The Morgan fingerprint density at radius 3 is 3.06 bits per heavy atom. The predicted octanol–water partition coefficient (Wildman–Crippen LogP) is 1.69. The molecule has 1 unspecified atom stereocenters. The molecule has 0 bridgehead atoms. The van der Waals surface area contributed by atoms with Crippen molar-refractivity contribution in [3.05, 3.63) is 24.2 Å². The number of ether oxygens (including phenoxy) is 1. The van der Waals surface area contributed by atoms with Gasteiger partial charge in [-0.2, -0.15) is 0 Å². The molecule has 1 saturated heterocycles. The smallest absolute Gasteiger partial charge is 0.310 e. The van der Waals surface area contributed by atoms with Gasteiger partial charge in [-0.15, -0.1) is 0 Å². The van der Waals surface area contributed by atoms with Gasteiger partial charge in [0.05, 0.1) is 24.4 Å². The number of nitrogens with zero attached hydrogens (tertiary/aromatic N) is 1. The van der Waals surface area contributed by atoms with E-state index >= 15 is 0 Å². The van der Waals surface area contributed by atoms with Crippen LogP contribution in [0.5, 0.6) is 0 Å². The Hall–Kier alpha value is -1.78. The molecule has 1 atom stereocenters. The van der Waals surface area contributed by atoms with Crippen LogP contribution in [0.15, 0.2) is 23.0 Å². The molecule has 5 nitrogen and oxygen atoms in total. The third kappa shape index (κ3) is 2.72. The van der Waals surface area contributed by atoms with Crippen LogP contribution >= 0.6 is 0 Å². The van der Waals surface area contributed by atoms with Gasteiger partial charge in [0, 0.05) is 13.1 Å². The van der Waals surface area contributed by atoms with Crippen LogP contribution in [0, 0.1) is 5.92 Å². The summed E-state index contributed by atoms with van der Waals surface area (Å²) >= 11 is 0. The maximum Gasteiger partial charge on any atom is 0.310 e. The summed E-state index contributed by atoms with van der Waals surface area (Å²) in [6.07, 6.45) is 4.51. The van der Waals surface area contributed by atoms with Crippen LogP contribution in [-0.4, -0.2) is 36.5 Å². The van der Waals surface area contributed by atoms with Gasteiger partial charge in [0.15, 0.2) is 0 Å². The Balaban J connectivity index is 1.98. The molecule has 1 aliphatic rings. The van der Waals surface area contributed by atoms with Crippen LogP contribution < -0.4 is 0 Å². The van der Waals surface area contributed by atoms with Crippen molar-refractivity contribution in [2.24, 2.45) is 5.92 Å². The number of esters is 1. The fraction of sp³-hybridized carbons (Fsp3) is 0.538. The molecule has 0 saturated carbocycles. The number of amides is 1. The Labute approximate surface area is 106 Å². The number of carbonyl (C=O) groups excluding carboxylic acids is 2. The monoisotopic (exact) mass is 251 g/mol. The van der Waals surface area contributed by atoms with E-state index in [4.69, 9.17) is 9.15 Å². The second-order valence-electron chi connectivity index (χ2n) is 4.35. The van der Waals surface area contributed by atoms with E-state index in [0.29, 0.717) is 25.3 Å². The number of hydrogen-bond donors (Lipinski definition) is 0. The van der Waals surface area contributed by atoms with E-state index in [1.165, 1.54) is 12.5 Å². The van der Waals surface area contributed by atoms with E-state index in [2.05, 4.69) is 0 Å². The number of furan rings is 1. The van der Waals surface area contributed by atoms with E-state index in [9.17, 15) is 9.59 Å². The number of rotatable bonds is 3. The molecule has 0 spiro atoms. The normalized spacial score (nSPS) is 19.6. The fourth-order valence-electron chi connectivity index (χ4n) is 2.18. The number of piperidine rings is 1. The highest BCUT2D eigenvalue weighted by Gasteiger charge is 2.29. The topological polar surface area (TPSA) is 59.8 Å². The summed E-state index contributed by atoms with van der Waals surface area (Å²) in [5.41, 5.74) is 0.527. The second kappa shape index (κ2) is 5.71. The van der Waals surface area contributed by atoms with E-state index in [1.54, 1.807) is 17.9 Å². The number of likely N-dealkylation sites (tertiary alicyclic amines) is 1. The molecule has 0 aliphatic carbocycles. The zero-order valence-electron chi connectivity index (χ0n) is 10.4. The van der Waals surface area contributed by atoms with Crippen molar-refractivity contribution in [2.75, 3.05) is 19.7 Å². The van der Waals surface area contributed by atoms with E-state index in [0.717, 1.165) is 12.8 Å². The highest BCUT2D eigenvalue weighted by atomic mass is 16.5. The number of hydrogen-bond acceptors (Lipinski definition) is 4. The zero-order chi connectivity index (χ0) is 13.0. The molecule has 0 aromatic carbocycles. The Kier molecular flexibility index (Phi) is 4.02. The second-order valence-corrected chi connectivity index (χ2v) is 4.35. The minimum Gasteiger partial charge on any atom is -0.472 e. The predicted molar refractivity (Wildman–Crippen MR) is 64.0 cm³/mol. The Morgan fingerprint density at radius 2 is 2.39 bits per heavy atom. The van der Waals surface area contributed by atoms with Gasteiger partial charge >= 0.3 is 5.97 Å². The standard InChI is InChI=1S/C13H17NO4/c1-2-18-13(16)10-4-3-6-14(8-10)12(15)11-5-7-17-9-11/h5,7,9-10H,2-4,6,8H2,1H3. The Morgan fingerprint density at radius 1 is 1.56 bits per heavy atom. The van der Waals surface area contributed by atoms with Crippen LogP contribution in [0.1, 0.15) is 30.1 Å². The molecule has 1 aromatic heterocycles. The van der Waals surface area contributed by atoms with Crippen LogP contribution in [0.4, 0.5) is 0 Å². The molecule has 5 heteroatoms. The molecule has 2 rings (SSSR count). The lowest BCUT2D eigenvalue weighted by molar-refractivity contribution is -0.149. The van der Waals surface area contributed by atoms with Crippen molar-refractivity contribution < 1.29 is 18.7 Å². The lowest BCUT2D eigenvalue weighted by atomic mass is 9.98. The van der Waals surface area contributed by atoms with Crippen LogP contribution in [0.2, 0.25) is 0 Å². The molecule has 0 radical (unpaired) electrons. The largest absolute Gasteiger partial charge is 0.472 e. The van der Waals surface area contributed by atoms with Crippen molar-refractivity contribution >= 4 is 11.9 Å². The van der Waals surface area contributed by atoms with E-state index < -0.39 is 0 Å². The molecule has 1 aromatic rings. The summed E-state index contributed by atoms with van der Waals surface area (Å²) in [7, 11) is 0. The van der Waals surface area contributed by atoms with Crippen LogP contribution in [-0.2, 0) is 9.53 Å². The summed E-state index contributed by atoms with van der Waals surface area (Å²) in [5, 5.41) is 0. The van der Waals surface area contributed by atoms with Crippen LogP contribution in [0.3, 0.4) is 0 Å². The molecule has 1 fully saturated rings. The molecular formula is C13H17NO4. The van der Waals surface area contributed by atoms with Crippen molar-refractivity contribution in [1.29, 1.82) is 0 Å². The first-order valence-electron chi connectivity index (χ1n) is 6.20. The van der Waals surface area contributed by atoms with Gasteiger partial charge in [0.2, 0.25) is 0 Å². The van der Waals surface area contributed by atoms with Crippen molar-refractivity contribution in [1.82, 2.24) is 4.90 Å². The van der Waals surface area contributed by atoms with Crippen LogP contribution in [0.25, 0.3) is 0 Å². The lowest BCUT2D eigenvalue weighted by Crippen LogP contribution is -2.42. The van der Waals surface area contributed by atoms with Crippen molar-refractivity contribution in [3.8, 4) is 0 Å². The first-order valence-corrected chi connectivity index (χ1v) is 6.20. The van der Waals surface area contributed by atoms with E-state index in [1.807, 2.05) is 0 Å². The third-order valence-corrected chi connectivity index (χ3v) is 3.10. The molecular weight excluding hydrogens is 234 g/mol. The lowest BCUT2D eigenvalue weighted by Gasteiger charge is -2.31. The van der Waals surface area contributed by atoms with Gasteiger partial charge in [-0.05, 0) is 25.8 Å². The fourth-order valence-corrected chi connectivity index (χ4v) is 2.18. The first-order chi connectivity index (χ1) is 8.72. The summed E-state index contributed by atoms with van der Waals surface area (Å²) in [5.74, 6) is -0.491. The molecule has 98 valence electrons. The maximum atomic E-state index is 12.1. The third-order valence-electron chi connectivity index (χ3n) is 3.10. The number of carbonyl (C=O) groups is 2. The molecule has 0 N–H and O–H groups in total. The van der Waals surface area contributed by atoms with Gasteiger partial charge in [-0.1, -0.05) is 0 Å². The van der Waals surface area contributed by atoms with Crippen molar-refractivity contribution in [3.63, 3.8) is 0 Å². The minimum atomic E-state index is -0.206. The molecule has 1 amide bonds. The molecule has 18 heavy (non-hydrogen) atoms. The van der Waals surface area contributed by atoms with Gasteiger partial charge in [-0.25, -0.2) is 0 Å².